The Bertz CT molecular complexity index is 990. The highest BCUT2D eigenvalue weighted by molar-refractivity contribution is 6.01. The molecule has 1 aromatic heterocycles. The summed E-state index contributed by atoms with van der Waals surface area (Å²) in [5, 5.41) is 0.920. The van der Waals surface area contributed by atoms with Gasteiger partial charge in [-0.25, -0.2) is 4.79 Å². The van der Waals surface area contributed by atoms with E-state index in [4.69, 9.17) is 4.74 Å². The third-order valence-corrected chi connectivity index (χ3v) is 4.78. The van der Waals surface area contributed by atoms with Crippen LogP contribution in [0.3, 0.4) is 0 Å². The van der Waals surface area contributed by atoms with E-state index in [0.717, 1.165) is 28.5 Å². The van der Waals surface area contributed by atoms with Crippen molar-refractivity contribution in [2.24, 2.45) is 0 Å². The first-order valence-electron chi connectivity index (χ1n) is 9.22. The Morgan fingerprint density at radius 2 is 1.67 bits per heavy atom. The zero-order valence-corrected chi connectivity index (χ0v) is 15.9. The number of carbonyl (C=O) groups is 2. The molecule has 27 heavy (non-hydrogen) atoms. The lowest BCUT2D eigenvalue weighted by molar-refractivity contribution is 0.0472. The van der Waals surface area contributed by atoms with Gasteiger partial charge in [-0.05, 0) is 37.0 Å². The zero-order valence-electron chi connectivity index (χ0n) is 15.9. The number of hydrogen-bond acceptors (Lipinski definition) is 4. The van der Waals surface area contributed by atoms with E-state index in [2.05, 4.69) is 11.9 Å². The predicted octanol–water partition coefficient (Wildman–Crippen LogP) is 4.71. The van der Waals surface area contributed by atoms with Crippen LogP contribution in [0.1, 0.15) is 51.4 Å². The molecule has 4 nitrogen and oxygen atoms in total. The van der Waals surface area contributed by atoms with Gasteiger partial charge in [0.1, 0.15) is 0 Å². The van der Waals surface area contributed by atoms with Gasteiger partial charge in [-0.1, -0.05) is 56.3 Å². The third kappa shape index (κ3) is 3.90. The molecule has 0 spiro atoms. The standard InChI is InChI=1S/C23H23NO3/c1-4-16-10-12-17(13-11-16)21(25)14-27-23(26)22-15(3)18-8-6-7-9-20(18)24-19(22)5-2/h6-13H,4-5,14H2,1-3H3. The minimum Gasteiger partial charge on any atom is -0.454 e. The van der Waals surface area contributed by atoms with Gasteiger partial charge in [0.25, 0.3) is 0 Å². The van der Waals surface area contributed by atoms with Gasteiger partial charge < -0.3 is 4.74 Å². The number of fused-ring (bicyclic) bond motifs is 1. The molecule has 1 heterocycles. The van der Waals surface area contributed by atoms with Crippen LogP contribution in [-0.2, 0) is 17.6 Å². The maximum absolute atomic E-state index is 12.7. The second-order valence-corrected chi connectivity index (χ2v) is 6.48. The molecule has 0 amide bonds. The SMILES string of the molecule is CCc1ccc(C(=O)COC(=O)c2c(CC)nc3ccccc3c2C)cc1. The minimum atomic E-state index is -0.499. The molecule has 138 valence electrons. The number of Topliss-reactive ketones (excluding diaryl/α,β-unsaturated/α-hetero) is 1. The first kappa shape index (κ1) is 18.8. The van der Waals surface area contributed by atoms with Crippen molar-refractivity contribution in [2.75, 3.05) is 6.61 Å². The molecule has 0 radical (unpaired) electrons. The lowest BCUT2D eigenvalue weighted by atomic mass is 10.0. The molecule has 0 unspecified atom stereocenters. The average Bonchev–Trinajstić information content (AvgIpc) is 2.71. The average molecular weight is 361 g/mol. The van der Waals surface area contributed by atoms with E-state index in [1.165, 1.54) is 0 Å². The summed E-state index contributed by atoms with van der Waals surface area (Å²) in [6.45, 7) is 5.63. The van der Waals surface area contributed by atoms with Crippen LogP contribution in [0, 0.1) is 6.92 Å². The Labute approximate surface area is 159 Å². The molecular formula is C23H23NO3. The normalized spacial score (nSPS) is 10.8. The smallest absolute Gasteiger partial charge is 0.340 e. The van der Waals surface area contributed by atoms with Crippen molar-refractivity contribution in [3.05, 3.63) is 76.5 Å². The molecule has 4 heteroatoms. The fraction of sp³-hybridized carbons (Fsp3) is 0.261. The van der Waals surface area contributed by atoms with Crippen LogP contribution in [-0.4, -0.2) is 23.3 Å². The summed E-state index contributed by atoms with van der Waals surface area (Å²) in [6.07, 6.45) is 1.53. The number of rotatable bonds is 6. The van der Waals surface area contributed by atoms with Gasteiger partial charge in [0.05, 0.1) is 16.8 Å². The number of hydrogen-bond donors (Lipinski definition) is 0. The number of benzene rings is 2. The monoisotopic (exact) mass is 361 g/mol. The molecule has 0 aliphatic carbocycles. The Morgan fingerprint density at radius 1 is 0.963 bits per heavy atom. The van der Waals surface area contributed by atoms with Crippen LogP contribution in [0.5, 0.6) is 0 Å². The van der Waals surface area contributed by atoms with Crippen molar-refractivity contribution in [3.63, 3.8) is 0 Å². The van der Waals surface area contributed by atoms with Crippen molar-refractivity contribution in [2.45, 2.75) is 33.6 Å². The Morgan fingerprint density at radius 3 is 2.33 bits per heavy atom. The van der Waals surface area contributed by atoms with Gasteiger partial charge in [-0.3, -0.25) is 9.78 Å². The number of ether oxygens (including phenoxy) is 1. The fourth-order valence-corrected chi connectivity index (χ4v) is 3.18. The number of ketones is 1. The van der Waals surface area contributed by atoms with E-state index in [1.807, 2.05) is 50.2 Å². The number of aromatic nitrogens is 1. The van der Waals surface area contributed by atoms with Crippen LogP contribution in [0.2, 0.25) is 0 Å². The number of carbonyl (C=O) groups excluding carboxylic acids is 2. The van der Waals surface area contributed by atoms with E-state index >= 15 is 0 Å². The molecule has 0 fully saturated rings. The summed E-state index contributed by atoms with van der Waals surface area (Å²) in [5.74, 6) is -0.711. The first-order chi connectivity index (χ1) is 13.0. The number of para-hydroxylation sites is 1. The van der Waals surface area contributed by atoms with Crippen molar-refractivity contribution in [3.8, 4) is 0 Å². The van der Waals surface area contributed by atoms with Gasteiger partial charge >= 0.3 is 5.97 Å². The second kappa shape index (κ2) is 8.12. The number of nitrogens with zero attached hydrogens (tertiary/aromatic N) is 1. The largest absolute Gasteiger partial charge is 0.454 e. The number of esters is 1. The van der Waals surface area contributed by atoms with Gasteiger partial charge in [0.2, 0.25) is 0 Å². The molecule has 0 bridgehead atoms. The topological polar surface area (TPSA) is 56.3 Å². The van der Waals surface area contributed by atoms with Crippen LogP contribution < -0.4 is 0 Å². The summed E-state index contributed by atoms with van der Waals surface area (Å²) in [7, 11) is 0. The highest BCUT2D eigenvalue weighted by Crippen LogP contribution is 2.24. The highest BCUT2D eigenvalue weighted by Gasteiger charge is 2.20. The van der Waals surface area contributed by atoms with Crippen molar-refractivity contribution < 1.29 is 14.3 Å². The highest BCUT2D eigenvalue weighted by atomic mass is 16.5. The number of pyridine rings is 1. The summed E-state index contributed by atoms with van der Waals surface area (Å²) in [6, 6.07) is 15.1. The molecule has 2 aromatic carbocycles. The van der Waals surface area contributed by atoms with E-state index in [1.54, 1.807) is 12.1 Å². The molecule has 0 saturated carbocycles. The minimum absolute atomic E-state index is 0.213. The van der Waals surface area contributed by atoms with Crippen LogP contribution >= 0.6 is 0 Å². The van der Waals surface area contributed by atoms with Crippen molar-refractivity contribution in [1.29, 1.82) is 0 Å². The number of aryl methyl sites for hydroxylation is 3. The molecule has 0 N–H and O–H groups in total. The van der Waals surface area contributed by atoms with Gasteiger partial charge in [-0.2, -0.15) is 0 Å². The van der Waals surface area contributed by atoms with Crippen LogP contribution in [0.25, 0.3) is 10.9 Å². The maximum Gasteiger partial charge on any atom is 0.340 e. The Balaban J connectivity index is 1.81. The molecule has 3 aromatic rings. The molecular weight excluding hydrogens is 338 g/mol. The Kier molecular flexibility index (Phi) is 5.65. The van der Waals surface area contributed by atoms with E-state index < -0.39 is 5.97 Å². The quantitative estimate of drug-likeness (QED) is 0.471. The second-order valence-electron chi connectivity index (χ2n) is 6.48. The molecule has 0 saturated heterocycles. The molecule has 3 rings (SSSR count). The summed E-state index contributed by atoms with van der Waals surface area (Å²) >= 11 is 0. The van der Waals surface area contributed by atoms with Gasteiger partial charge in [0.15, 0.2) is 12.4 Å². The molecule has 0 aliphatic rings. The third-order valence-electron chi connectivity index (χ3n) is 4.78. The predicted molar refractivity (Wildman–Crippen MR) is 106 cm³/mol. The molecule has 0 aliphatic heterocycles. The zero-order chi connectivity index (χ0) is 19.4. The Hall–Kier alpha value is -3.01. The van der Waals surface area contributed by atoms with Crippen LogP contribution in [0.15, 0.2) is 48.5 Å². The lowest BCUT2D eigenvalue weighted by Gasteiger charge is -2.13. The van der Waals surface area contributed by atoms with E-state index in [-0.39, 0.29) is 12.4 Å². The van der Waals surface area contributed by atoms with E-state index in [9.17, 15) is 9.59 Å². The summed E-state index contributed by atoms with van der Waals surface area (Å²) in [4.78, 5) is 29.6. The van der Waals surface area contributed by atoms with Gasteiger partial charge in [0, 0.05) is 10.9 Å². The van der Waals surface area contributed by atoms with Crippen LogP contribution in [0.4, 0.5) is 0 Å². The van der Waals surface area contributed by atoms with Gasteiger partial charge in [-0.15, -0.1) is 0 Å². The summed E-state index contributed by atoms with van der Waals surface area (Å²) in [5.41, 5.74) is 4.55. The fourth-order valence-electron chi connectivity index (χ4n) is 3.18. The summed E-state index contributed by atoms with van der Waals surface area (Å²) < 4.78 is 5.34. The lowest BCUT2D eigenvalue weighted by Crippen LogP contribution is -2.17. The molecule has 0 atom stereocenters. The first-order valence-corrected chi connectivity index (χ1v) is 9.22. The maximum atomic E-state index is 12.7. The van der Waals surface area contributed by atoms with Crippen molar-refractivity contribution >= 4 is 22.7 Å². The van der Waals surface area contributed by atoms with E-state index in [0.29, 0.717) is 23.2 Å². The van der Waals surface area contributed by atoms with Crippen molar-refractivity contribution in [1.82, 2.24) is 4.98 Å².